The highest BCUT2D eigenvalue weighted by Gasteiger charge is 2.56. The van der Waals surface area contributed by atoms with Crippen LogP contribution in [0.4, 0.5) is 4.79 Å². The van der Waals surface area contributed by atoms with Crippen molar-refractivity contribution in [1.29, 1.82) is 0 Å². The third-order valence-corrected chi connectivity index (χ3v) is 3.06. The second kappa shape index (κ2) is 2.36. The summed E-state index contributed by atoms with van der Waals surface area (Å²) in [4.78, 5) is 12.3. The molecule has 2 fully saturated rings. The van der Waals surface area contributed by atoms with Crippen LogP contribution in [0.3, 0.4) is 0 Å². The lowest BCUT2D eigenvalue weighted by Crippen LogP contribution is -2.43. The van der Waals surface area contributed by atoms with Crippen LogP contribution in [0.2, 0.25) is 0 Å². The average molecular weight is 171 g/mol. The number of nitrogens with zero attached hydrogens (tertiary/aromatic N) is 1. The highest BCUT2D eigenvalue weighted by Crippen LogP contribution is 2.51. The van der Waals surface area contributed by atoms with Gasteiger partial charge in [0, 0.05) is 5.54 Å². The number of hydrogen-bond donors (Lipinski definition) is 2. The van der Waals surface area contributed by atoms with Crippen molar-refractivity contribution in [3.05, 3.63) is 0 Å². The fourth-order valence-electron chi connectivity index (χ4n) is 2.24. The Morgan fingerprint density at radius 2 is 2.17 bits per heavy atom. The molecule has 0 radical (unpaired) electrons. The molecule has 2 N–H and O–H groups in total. The number of carbonyl (C=O) groups is 1. The van der Waals surface area contributed by atoms with Crippen LogP contribution in [0.5, 0.6) is 0 Å². The van der Waals surface area contributed by atoms with Gasteiger partial charge >= 0.3 is 6.09 Å². The summed E-state index contributed by atoms with van der Waals surface area (Å²) in [6.07, 6.45) is 2.85. The van der Waals surface area contributed by atoms with Gasteiger partial charge in [-0.25, -0.2) is 4.79 Å². The largest absolute Gasteiger partial charge is 0.465 e. The molecule has 4 heteroatoms. The Kier molecular flexibility index (Phi) is 1.54. The van der Waals surface area contributed by atoms with E-state index in [9.17, 15) is 4.79 Å². The molecule has 68 valence electrons. The maximum Gasteiger partial charge on any atom is 0.408 e. The van der Waals surface area contributed by atoms with Crippen LogP contribution in [0.15, 0.2) is 0 Å². The predicted molar refractivity (Wildman–Crippen MR) is 41.9 cm³/mol. The molecule has 0 bridgehead atoms. The fourth-order valence-corrected chi connectivity index (χ4v) is 2.24. The van der Waals surface area contributed by atoms with E-state index >= 15 is 0 Å². The van der Waals surface area contributed by atoms with E-state index in [-0.39, 0.29) is 18.2 Å². The maximum absolute atomic E-state index is 10.8. The molecule has 1 saturated heterocycles. The molecular formula is C8H13NO3. The topological polar surface area (TPSA) is 60.8 Å². The van der Waals surface area contributed by atoms with Gasteiger partial charge < -0.3 is 10.2 Å². The molecule has 1 saturated carbocycles. The zero-order valence-electron chi connectivity index (χ0n) is 6.86. The van der Waals surface area contributed by atoms with E-state index in [0.717, 1.165) is 25.7 Å². The molecule has 1 aliphatic carbocycles. The van der Waals surface area contributed by atoms with Crippen LogP contribution in [-0.4, -0.2) is 39.4 Å². The van der Waals surface area contributed by atoms with Crippen molar-refractivity contribution in [3.63, 3.8) is 0 Å². The minimum absolute atomic E-state index is 0.0337. The molecule has 1 heterocycles. The minimum Gasteiger partial charge on any atom is -0.465 e. The molecular weight excluding hydrogens is 158 g/mol. The number of rotatable bonds is 1. The van der Waals surface area contributed by atoms with Crippen molar-refractivity contribution in [1.82, 2.24) is 4.90 Å². The van der Waals surface area contributed by atoms with Gasteiger partial charge in [0.2, 0.25) is 0 Å². The molecule has 0 unspecified atom stereocenters. The van der Waals surface area contributed by atoms with E-state index in [1.807, 2.05) is 0 Å². The molecule has 1 aliphatic heterocycles. The van der Waals surface area contributed by atoms with Gasteiger partial charge in [-0.2, -0.15) is 0 Å². The first-order chi connectivity index (χ1) is 5.69. The van der Waals surface area contributed by atoms with Gasteiger partial charge in [0.1, 0.15) is 0 Å². The first-order valence-corrected chi connectivity index (χ1v) is 4.33. The van der Waals surface area contributed by atoms with Crippen LogP contribution in [-0.2, 0) is 0 Å². The van der Waals surface area contributed by atoms with Gasteiger partial charge in [-0.15, -0.1) is 0 Å². The van der Waals surface area contributed by atoms with Gasteiger partial charge in [-0.05, 0) is 25.7 Å². The van der Waals surface area contributed by atoms with Crippen molar-refractivity contribution >= 4 is 6.09 Å². The highest BCUT2D eigenvalue weighted by molar-refractivity contribution is 5.68. The van der Waals surface area contributed by atoms with E-state index in [4.69, 9.17) is 10.2 Å². The molecule has 0 aromatic rings. The molecule has 0 aromatic heterocycles. The number of aliphatic hydroxyl groups is 1. The van der Waals surface area contributed by atoms with Gasteiger partial charge in [-0.1, -0.05) is 0 Å². The van der Waals surface area contributed by atoms with Crippen LogP contribution < -0.4 is 0 Å². The van der Waals surface area contributed by atoms with Crippen LogP contribution in [0.1, 0.15) is 25.7 Å². The van der Waals surface area contributed by atoms with Gasteiger partial charge in [0.15, 0.2) is 0 Å². The van der Waals surface area contributed by atoms with Crippen LogP contribution >= 0.6 is 0 Å². The SMILES string of the molecule is O=C(O)N1[C@H](CO)CCC12CC2. The average Bonchev–Trinajstić information content (AvgIpc) is 2.64. The van der Waals surface area contributed by atoms with Crippen molar-refractivity contribution in [2.75, 3.05) is 6.61 Å². The van der Waals surface area contributed by atoms with Crippen molar-refractivity contribution < 1.29 is 15.0 Å². The number of hydrogen-bond acceptors (Lipinski definition) is 2. The smallest absolute Gasteiger partial charge is 0.408 e. The van der Waals surface area contributed by atoms with Crippen molar-refractivity contribution in [2.45, 2.75) is 37.3 Å². The quantitative estimate of drug-likeness (QED) is 0.609. The third-order valence-electron chi connectivity index (χ3n) is 3.06. The number of likely N-dealkylation sites (tertiary alicyclic amines) is 1. The Bertz CT molecular complexity index is 212. The first-order valence-electron chi connectivity index (χ1n) is 4.33. The fraction of sp³-hybridized carbons (Fsp3) is 0.875. The molecule has 2 aliphatic rings. The van der Waals surface area contributed by atoms with E-state index in [1.165, 1.54) is 4.90 Å². The molecule has 1 atom stereocenters. The Morgan fingerprint density at radius 1 is 1.50 bits per heavy atom. The summed E-state index contributed by atoms with van der Waals surface area (Å²) in [5.41, 5.74) is -0.0702. The van der Waals surface area contributed by atoms with Crippen LogP contribution in [0, 0.1) is 0 Å². The number of carboxylic acid groups (broad SMARTS) is 1. The minimum atomic E-state index is -0.871. The third kappa shape index (κ3) is 0.909. The van der Waals surface area contributed by atoms with Crippen LogP contribution in [0.25, 0.3) is 0 Å². The van der Waals surface area contributed by atoms with E-state index in [0.29, 0.717) is 0 Å². The summed E-state index contributed by atoms with van der Waals surface area (Å²) in [6, 6.07) is -0.148. The summed E-state index contributed by atoms with van der Waals surface area (Å²) in [5, 5.41) is 17.8. The lowest BCUT2D eigenvalue weighted by molar-refractivity contribution is 0.0943. The summed E-state index contributed by atoms with van der Waals surface area (Å²) in [6.45, 7) is -0.0337. The Balaban J connectivity index is 2.17. The molecule has 12 heavy (non-hydrogen) atoms. The Hall–Kier alpha value is -0.770. The lowest BCUT2D eigenvalue weighted by Gasteiger charge is -2.25. The molecule has 0 aromatic carbocycles. The summed E-state index contributed by atoms with van der Waals surface area (Å²) < 4.78 is 0. The summed E-state index contributed by atoms with van der Waals surface area (Å²) in [5.74, 6) is 0. The maximum atomic E-state index is 10.8. The van der Waals surface area contributed by atoms with Crippen molar-refractivity contribution in [3.8, 4) is 0 Å². The van der Waals surface area contributed by atoms with Gasteiger partial charge in [0.25, 0.3) is 0 Å². The summed E-state index contributed by atoms with van der Waals surface area (Å²) >= 11 is 0. The first kappa shape index (κ1) is 7.86. The van der Waals surface area contributed by atoms with Gasteiger partial charge in [0.05, 0.1) is 12.6 Å². The Morgan fingerprint density at radius 3 is 2.58 bits per heavy atom. The van der Waals surface area contributed by atoms with E-state index < -0.39 is 6.09 Å². The van der Waals surface area contributed by atoms with Crippen molar-refractivity contribution in [2.24, 2.45) is 0 Å². The standard InChI is InChI=1S/C8H13NO3/c10-5-6-1-2-8(3-4-8)9(6)7(11)12/h6,10H,1-5H2,(H,11,12)/t6-/m0/s1. The highest BCUT2D eigenvalue weighted by atomic mass is 16.4. The molecule has 1 spiro atoms. The lowest BCUT2D eigenvalue weighted by atomic mass is 10.2. The monoisotopic (exact) mass is 171 g/mol. The predicted octanol–water partition coefficient (Wildman–Crippen LogP) is 0.654. The normalized spacial score (nSPS) is 31.1. The van der Waals surface area contributed by atoms with E-state index in [2.05, 4.69) is 0 Å². The number of amides is 1. The molecule has 1 amide bonds. The van der Waals surface area contributed by atoms with Gasteiger partial charge in [-0.3, -0.25) is 4.90 Å². The second-order valence-electron chi connectivity index (χ2n) is 3.75. The molecule has 2 rings (SSSR count). The summed E-state index contributed by atoms with van der Waals surface area (Å²) in [7, 11) is 0. The number of aliphatic hydroxyl groups excluding tert-OH is 1. The zero-order valence-corrected chi connectivity index (χ0v) is 6.86. The second-order valence-corrected chi connectivity index (χ2v) is 3.75. The zero-order chi connectivity index (χ0) is 8.77. The molecule has 4 nitrogen and oxygen atoms in total. The Labute approximate surface area is 70.8 Å². The van der Waals surface area contributed by atoms with E-state index in [1.54, 1.807) is 0 Å².